The molecule has 1 N–H and O–H groups in total. The first-order valence-corrected chi connectivity index (χ1v) is 8.12. The number of anilines is 1. The maximum absolute atomic E-state index is 12.4. The summed E-state index contributed by atoms with van der Waals surface area (Å²) >= 11 is 0. The summed E-state index contributed by atoms with van der Waals surface area (Å²) in [7, 11) is 0. The fourth-order valence-corrected chi connectivity index (χ4v) is 4.00. The molecule has 2 aliphatic rings. The molecular weight excluding hydrogens is 262 g/mol. The van der Waals surface area contributed by atoms with Gasteiger partial charge in [-0.3, -0.25) is 9.59 Å². The first-order chi connectivity index (χ1) is 10.3. The predicted molar refractivity (Wildman–Crippen MR) is 83.2 cm³/mol. The van der Waals surface area contributed by atoms with Gasteiger partial charge in [0, 0.05) is 17.2 Å². The van der Waals surface area contributed by atoms with Crippen LogP contribution in [0.1, 0.15) is 55.3 Å². The van der Waals surface area contributed by atoms with Crippen molar-refractivity contribution < 1.29 is 9.59 Å². The normalized spacial score (nSPS) is 28.5. The molecule has 1 aromatic carbocycles. The van der Waals surface area contributed by atoms with Gasteiger partial charge in [-0.2, -0.15) is 0 Å². The molecule has 3 atom stereocenters. The van der Waals surface area contributed by atoms with Gasteiger partial charge in [0.25, 0.3) is 0 Å². The molecule has 0 saturated heterocycles. The molecular formula is C18H23NO2. The van der Waals surface area contributed by atoms with E-state index < -0.39 is 0 Å². The number of rotatable bonds is 3. The number of carbonyl (C=O) groups is 2. The first kappa shape index (κ1) is 14.3. The Labute approximate surface area is 126 Å². The molecule has 3 rings (SSSR count). The molecule has 0 aromatic heterocycles. The Morgan fingerprint density at radius 2 is 1.71 bits per heavy atom. The molecule has 1 amide bonds. The number of amides is 1. The summed E-state index contributed by atoms with van der Waals surface area (Å²) in [5.41, 5.74) is 1.42. The summed E-state index contributed by atoms with van der Waals surface area (Å²) in [4.78, 5) is 23.0. The van der Waals surface area contributed by atoms with E-state index in [-0.39, 0.29) is 11.8 Å². The van der Waals surface area contributed by atoms with Crippen LogP contribution in [0.15, 0.2) is 24.3 Å². The molecule has 21 heavy (non-hydrogen) atoms. The molecule has 0 bridgehead atoms. The minimum atomic E-state index is 0.151. The summed E-state index contributed by atoms with van der Waals surface area (Å²) in [6, 6.07) is 7.07. The van der Waals surface area contributed by atoms with Crippen LogP contribution in [0, 0.1) is 17.8 Å². The maximum Gasteiger partial charge on any atom is 0.227 e. The molecule has 112 valence electrons. The zero-order chi connectivity index (χ0) is 14.7. The number of aldehydes is 1. The molecule has 3 unspecified atom stereocenters. The zero-order valence-electron chi connectivity index (χ0n) is 12.4. The molecule has 3 heteroatoms. The van der Waals surface area contributed by atoms with E-state index in [1.165, 1.54) is 32.1 Å². The highest BCUT2D eigenvalue weighted by Gasteiger charge is 2.34. The van der Waals surface area contributed by atoms with E-state index in [0.29, 0.717) is 5.56 Å². The van der Waals surface area contributed by atoms with Gasteiger partial charge in [-0.25, -0.2) is 0 Å². The van der Waals surface area contributed by atoms with Crippen molar-refractivity contribution >= 4 is 17.9 Å². The molecule has 0 heterocycles. The van der Waals surface area contributed by atoms with E-state index in [4.69, 9.17) is 0 Å². The maximum atomic E-state index is 12.4. The van der Waals surface area contributed by atoms with Crippen LogP contribution in [0.5, 0.6) is 0 Å². The number of carbonyl (C=O) groups excluding carboxylic acids is 2. The second-order valence-corrected chi connectivity index (χ2v) is 6.54. The number of fused-ring (bicyclic) bond motifs is 1. The van der Waals surface area contributed by atoms with Crippen LogP contribution in [-0.2, 0) is 4.79 Å². The van der Waals surface area contributed by atoms with Crippen LogP contribution >= 0.6 is 0 Å². The third kappa shape index (κ3) is 3.34. The molecule has 2 saturated carbocycles. The first-order valence-electron chi connectivity index (χ1n) is 8.12. The van der Waals surface area contributed by atoms with E-state index >= 15 is 0 Å². The van der Waals surface area contributed by atoms with Gasteiger partial charge >= 0.3 is 0 Å². The lowest BCUT2D eigenvalue weighted by Gasteiger charge is -2.38. The van der Waals surface area contributed by atoms with Crippen molar-refractivity contribution in [2.24, 2.45) is 17.8 Å². The van der Waals surface area contributed by atoms with Crippen molar-refractivity contribution in [2.45, 2.75) is 44.9 Å². The molecule has 0 spiro atoms. The second kappa shape index (κ2) is 6.42. The lowest BCUT2D eigenvalue weighted by atomic mass is 9.67. The van der Waals surface area contributed by atoms with Gasteiger partial charge in [0.2, 0.25) is 5.91 Å². The van der Waals surface area contributed by atoms with E-state index in [0.717, 1.165) is 36.7 Å². The van der Waals surface area contributed by atoms with Gasteiger partial charge in [0.15, 0.2) is 0 Å². The lowest BCUT2D eigenvalue weighted by molar-refractivity contribution is -0.122. The summed E-state index contributed by atoms with van der Waals surface area (Å²) in [6.45, 7) is 0. The molecule has 2 aliphatic carbocycles. The fraction of sp³-hybridized carbons (Fsp3) is 0.556. The third-order valence-corrected chi connectivity index (χ3v) is 5.22. The van der Waals surface area contributed by atoms with Gasteiger partial charge in [0.05, 0.1) is 0 Å². The average molecular weight is 285 g/mol. The molecule has 1 aromatic rings. The Balaban J connectivity index is 1.58. The van der Waals surface area contributed by atoms with Crippen molar-refractivity contribution in [2.75, 3.05) is 5.32 Å². The van der Waals surface area contributed by atoms with Crippen molar-refractivity contribution in [1.82, 2.24) is 0 Å². The highest BCUT2D eigenvalue weighted by molar-refractivity contribution is 5.93. The zero-order valence-corrected chi connectivity index (χ0v) is 12.4. The average Bonchev–Trinajstić information content (AvgIpc) is 2.55. The van der Waals surface area contributed by atoms with Crippen LogP contribution in [0.4, 0.5) is 5.69 Å². The largest absolute Gasteiger partial charge is 0.326 e. The van der Waals surface area contributed by atoms with Crippen LogP contribution in [0.2, 0.25) is 0 Å². The Morgan fingerprint density at radius 3 is 2.43 bits per heavy atom. The van der Waals surface area contributed by atoms with Gasteiger partial charge < -0.3 is 5.32 Å². The fourth-order valence-electron chi connectivity index (χ4n) is 4.00. The molecule has 0 radical (unpaired) electrons. The standard InChI is InChI=1S/C18H23NO2/c20-12-13-5-9-17(10-6-13)19-18(21)16-8-7-14-3-1-2-4-15(14)11-16/h5-6,9-10,12,14-16H,1-4,7-8,11H2,(H,19,21). The lowest BCUT2D eigenvalue weighted by Crippen LogP contribution is -2.33. The van der Waals surface area contributed by atoms with Gasteiger partial charge in [-0.1, -0.05) is 25.7 Å². The topological polar surface area (TPSA) is 46.2 Å². The van der Waals surface area contributed by atoms with E-state index in [1.807, 2.05) is 0 Å². The molecule has 3 nitrogen and oxygen atoms in total. The van der Waals surface area contributed by atoms with Crippen LogP contribution < -0.4 is 5.32 Å². The summed E-state index contributed by atoms with van der Waals surface area (Å²) in [5.74, 6) is 1.95. The van der Waals surface area contributed by atoms with E-state index in [2.05, 4.69) is 5.32 Å². The summed E-state index contributed by atoms with van der Waals surface area (Å²) in [5, 5.41) is 3.00. The highest BCUT2D eigenvalue weighted by Crippen LogP contribution is 2.42. The number of benzene rings is 1. The minimum absolute atomic E-state index is 0.151. The Bertz CT molecular complexity index is 508. The Morgan fingerprint density at radius 1 is 1.00 bits per heavy atom. The van der Waals surface area contributed by atoms with Crippen LogP contribution in [0.25, 0.3) is 0 Å². The minimum Gasteiger partial charge on any atom is -0.326 e. The number of hydrogen-bond donors (Lipinski definition) is 1. The van der Waals surface area contributed by atoms with Crippen LogP contribution in [0.3, 0.4) is 0 Å². The SMILES string of the molecule is O=Cc1ccc(NC(=O)C2CCC3CCCCC3C2)cc1. The van der Waals surface area contributed by atoms with Crippen molar-refractivity contribution in [3.8, 4) is 0 Å². The van der Waals surface area contributed by atoms with Gasteiger partial charge in [0.1, 0.15) is 6.29 Å². The Hall–Kier alpha value is -1.64. The predicted octanol–water partition coefficient (Wildman–Crippen LogP) is 4.04. The monoisotopic (exact) mass is 285 g/mol. The van der Waals surface area contributed by atoms with Crippen LogP contribution in [-0.4, -0.2) is 12.2 Å². The smallest absolute Gasteiger partial charge is 0.227 e. The highest BCUT2D eigenvalue weighted by atomic mass is 16.1. The Kier molecular flexibility index (Phi) is 4.37. The molecule has 0 aliphatic heterocycles. The van der Waals surface area contributed by atoms with Gasteiger partial charge in [-0.15, -0.1) is 0 Å². The van der Waals surface area contributed by atoms with E-state index in [9.17, 15) is 9.59 Å². The summed E-state index contributed by atoms with van der Waals surface area (Å²) in [6.07, 6.45) is 9.50. The quantitative estimate of drug-likeness (QED) is 0.852. The number of hydrogen-bond acceptors (Lipinski definition) is 2. The number of nitrogens with one attached hydrogen (secondary N) is 1. The van der Waals surface area contributed by atoms with Gasteiger partial charge in [-0.05, 0) is 55.4 Å². The second-order valence-electron chi connectivity index (χ2n) is 6.54. The van der Waals surface area contributed by atoms with E-state index in [1.54, 1.807) is 24.3 Å². The van der Waals surface area contributed by atoms with Crippen molar-refractivity contribution in [3.05, 3.63) is 29.8 Å². The molecule has 2 fully saturated rings. The van der Waals surface area contributed by atoms with Crippen molar-refractivity contribution in [3.63, 3.8) is 0 Å². The summed E-state index contributed by atoms with van der Waals surface area (Å²) < 4.78 is 0. The van der Waals surface area contributed by atoms with Crippen molar-refractivity contribution in [1.29, 1.82) is 0 Å². The third-order valence-electron chi connectivity index (χ3n) is 5.22.